The van der Waals surface area contributed by atoms with Crippen molar-refractivity contribution < 1.29 is 27.8 Å². The number of fused-ring (bicyclic) bond motifs is 2. The first-order valence-corrected chi connectivity index (χ1v) is 14.5. The summed E-state index contributed by atoms with van der Waals surface area (Å²) in [5.74, 6) is -2.24. The minimum absolute atomic E-state index is 0.127. The van der Waals surface area contributed by atoms with Crippen LogP contribution in [-0.2, 0) is 6.54 Å². The Morgan fingerprint density at radius 1 is 0.881 bits per heavy atom. The normalized spacial score (nSPS) is 15.5. The highest BCUT2D eigenvalue weighted by molar-refractivity contribution is 7.20. The first-order chi connectivity index (χ1) is 20.4. The van der Waals surface area contributed by atoms with E-state index in [1.54, 1.807) is 6.07 Å². The Hall–Kier alpha value is -4.13. The van der Waals surface area contributed by atoms with Gasteiger partial charge in [-0.1, -0.05) is 13.0 Å². The summed E-state index contributed by atoms with van der Waals surface area (Å²) in [5.41, 5.74) is 0.728. The fourth-order valence-electron chi connectivity index (χ4n) is 4.97. The van der Waals surface area contributed by atoms with Gasteiger partial charge in [-0.2, -0.15) is 0 Å². The van der Waals surface area contributed by atoms with E-state index in [9.17, 15) is 18.4 Å². The molecular weight excluding hydrogens is 564 g/mol. The van der Waals surface area contributed by atoms with Crippen molar-refractivity contribution in [1.82, 2.24) is 14.8 Å². The lowest BCUT2D eigenvalue weighted by molar-refractivity contribution is 0.101. The molecule has 2 aromatic heterocycles. The topological polar surface area (TPSA) is 96.0 Å². The molecule has 2 amide bonds. The van der Waals surface area contributed by atoms with E-state index in [-0.39, 0.29) is 41.7 Å². The third-order valence-electron chi connectivity index (χ3n) is 7.31. The molecule has 218 valence electrons. The number of aromatic nitrogens is 1. The van der Waals surface area contributed by atoms with Crippen LogP contribution in [0.15, 0.2) is 48.5 Å². The zero-order valence-electron chi connectivity index (χ0n) is 22.9. The summed E-state index contributed by atoms with van der Waals surface area (Å²) in [6.45, 7) is 8.61. The second-order valence-electron chi connectivity index (χ2n) is 10.1. The number of halogens is 2. The van der Waals surface area contributed by atoms with Gasteiger partial charge in [0.15, 0.2) is 11.5 Å². The van der Waals surface area contributed by atoms with Crippen molar-refractivity contribution in [3.05, 3.63) is 76.3 Å². The predicted molar refractivity (Wildman–Crippen MR) is 157 cm³/mol. The lowest BCUT2D eigenvalue weighted by Crippen LogP contribution is -2.45. The number of rotatable bonds is 7. The van der Waals surface area contributed by atoms with E-state index < -0.39 is 23.4 Å². The number of carbonyl (C=O) groups is 2. The van der Waals surface area contributed by atoms with Crippen molar-refractivity contribution in [2.45, 2.75) is 13.5 Å². The third kappa shape index (κ3) is 6.06. The van der Waals surface area contributed by atoms with Gasteiger partial charge in [-0.3, -0.25) is 14.5 Å². The maximum Gasteiger partial charge on any atom is 0.265 e. The van der Waals surface area contributed by atoms with Gasteiger partial charge in [-0.25, -0.2) is 13.8 Å². The molecule has 0 atom stereocenters. The number of hydrogen-bond donors (Lipinski definition) is 2. The van der Waals surface area contributed by atoms with Gasteiger partial charge in [0, 0.05) is 49.9 Å². The monoisotopic (exact) mass is 593 g/mol. The van der Waals surface area contributed by atoms with Crippen molar-refractivity contribution in [2.75, 3.05) is 56.6 Å². The molecule has 12 heteroatoms. The van der Waals surface area contributed by atoms with Crippen LogP contribution < -0.4 is 20.1 Å². The van der Waals surface area contributed by atoms with Crippen LogP contribution in [0.5, 0.6) is 11.5 Å². The SMILES string of the molecule is CCN1CCN(Cc2ccc3cc(C(=O)Nc4cc(NC(=O)c5cc6c(cc5F)OCCO6)ccc4F)sc3n2)CC1. The number of thiophene rings is 1. The minimum atomic E-state index is -0.784. The zero-order chi connectivity index (χ0) is 29.2. The van der Waals surface area contributed by atoms with E-state index in [0.717, 1.165) is 67.3 Å². The predicted octanol–water partition coefficient (Wildman–Crippen LogP) is 4.99. The molecule has 0 spiro atoms. The largest absolute Gasteiger partial charge is 0.486 e. The summed E-state index contributed by atoms with van der Waals surface area (Å²) >= 11 is 1.23. The molecule has 0 bridgehead atoms. The summed E-state index contributed by atoms with van der Waals surface area (Å²) < 4.78 is 40.0. The molecule has 4 heterocycles. The maximum atomic E-state index is 14.7. The van der Waals surface area contributed by atoms with Gasteiger partial charge >= 0.3 is 0 Å². The van der Waals surface area contributed by atoms with Gasteiger partial charge in [0.1, 0.15) is 29.7 Å². The van der Waals surface area contributed by atoms with Crippen LogP contribution in [0.2, 0.25) is 0 Å². The van der Waals surface area contributed by atoms with Crippen LogP contribution in [-0.4, -0.2) is 72.5 Å². The smallest absolute Gasteiger partial charge is 0.265 e. The van der Waals surface area contributed by atoms with E-state index in [1.165, 1.54) is 29.5 Å². The molecule has 0 radical (unpaired) electrons. The number of amides is 2. The molecule has 0 saturated carbocycles. The molecule has 42 heavy (non-hydrogen) atoms. The van der Waals surface area contributed by atoms with Crippen LogP contribution >= 0.6 is 11.3 Å². The molecule has 2 aliphatic rings. The van der Waals surface area contributed by atoms with E-state index in [1.807, 2.05) is 12.1 Å². The van der Waals surface area contributed by atoms with E-state index in [2.05, 4.69) is 27.4 Å². The number of carbonyl (C=O) groups excluding carboxylic acids is 2. The Morgan fingerprint density at radius 2 is 1.62 bits per heavy atom. The zero-order valence-corrected chi connectivity index (χ0v) is 23.7. The van der Waals surface area contributed by atoms with E-state index in [4.69, 9.17) is 14.5 Å². The van der Waals surface area contributed by atoms with Crippen LogP contribution in [0, 0.1) is 11.6 Å². The average Bonchev–Trinajstić information content (AvgIpc) is 3.42. The lowest BCUT2D eigenvalue weighted by Gasteiger charge is -2.33. The first-order valence-electron chi connectivity index (χ1n) is 13.7. The Labute approximate surface area is 245 Å². The standard InChI is InChI=1S/C30H29F2N5O4S/c1-2-36-7-9-37(10-8-36)17-20-4-3-18-13-27(42-30(18)34-20)29(39)35-24-14-19(5-6-22(24)31)33-28(38)21-15-25-26(16-23(21)32)41-12-11-40-25/h3-6,13-16H,2,7-12,17H2,1H3,(H,33,38)(H,35,39). The lowest BCUT2D eigenvalue weighted by atomic mass is 10.1. The van der Waals surface area contributed by atoms with Crippen LogP contribution in [0.4, 0.5) is 20.2 Å². The Bertz CT molecular complexity index is 1650. The van der Waals surface area contributed by atoms with Crippen molar-refractivity contribution in [1.29, 1.82) is 0 Å². The summed E-state index contributed by atoms with van der Waals surface area (Å²) in [6.07, 6.45) is 0. The van der Waals surface area contributed by atoms with Gasteiger partial charge in [0.25, 0.3) is 11.8 Å². The van der Waals surface area contributed by atoms with Crippen LogP contribution in [0.3, 0.4) is 0 Å². The number of benzene rings is 2. The average molecular weight is 594 g/mol. The second kappa shape index (κ2) is 12.0. The summed E-state index contributed by atoms with van der Waals surface area (Å²) in [5, 5.41) is 5.95. The number of likely N-dealkylation sites (N-methyl/N-ethyl adjacent to an activating group) is 1. The number of ether oxygens (including phenoxy) is 2. The van der Waals surface area contributed by atoms with Crippen LogP contribution in [0.1, 0.15) is 32.6 Å². The number of nitrogens with one attached hydrogen (secondary N) is 2. The van der Waals surface area contributed by atoms with Gasteiger partial charge in [-0.05, 0) is 42.9 Å². The minimum Gasteiger partial charge on any atom is -0.486 e. The molecule has 1 fully saturated rings. The van der Waals surface area contributed by atoms with Gasteiger partial charge < -0.3 is 25.0 Å². The van der Waals surface area contributed by atoms with Crippen LogP contribution in [0.25, 0.3) is 10.2 Å². The highest BCUT2D eigenvalue weighted by Crippen LogP contribution is 2.33. The van der Waals surface area contributed by atoms with Crippen molar-refractivity contribution in [3.8, 4) is 11.5 Å². The summed E-state index contributed by atoms with van der Waals surface area (Å²) in [7, 11) is 0. The van der Waals surface area contributed by atoms with Gasteiger partial charge in [0.05, 0.1) is 21.8 Å². The number of hydrogen-bond acceptors (Lipinski definition) is 8. The Morgan fingerprint density at radius 3 is 2.38 bits per heavy atom. The summed E-state index contributed by atoms with van der Waals surface area (Å²) in [6, 6.07) is 11.7. The molecule has 0 unspecified atom stereocenters. The fourth-order valence-corrected chi connectivity index (χ4v) is 5.91. The fraction of sp³-hybridized carbons (Fsp3) is 0.300. The first kappa shape index (κ1) is 28.0. The molecule has 2 N–H and O–H groups in total. The molecule has 4 aromatic rings. The maximum absolute atomic E-state index is 14.7. The molecule has 2 aromatic carbocycles. The van der Waals surface area contributed by atoms with Gasteiger partial charge in [-0.15, -0.1) is 11.3 Å². The molecular formula is C30H29F2N5O4S. The number of piperazine rings is 1. The van der Waals surface area contributed by atoms with Crippen molar-refractivity contribution in [3.63, 3.8) is 0 Å². The third-order valence-corrected chi connectivity index (χ3v) is 8.35. The number of anilines is 2. The highest BCUT2D eigenvalue weighted by atomic mass is 32.1. The summed E-state index contributed by atoms with van der Waals surface area (Å²) in [4.78, 5) is 36.5. The molecule has 1 saturated heterocycles. The number of nitrogens with zero attached hydrogens (tertiary/aromatic N) is 3. The van der Waals surface area contributed by atoms with E-state index in [0.29, 0.717) is 4.88 Å². The Kier molecular flexibility index (Phi) is 8.00. The highest BCUT2D eigenvalue weighted by Gasteiger charge is 2.21. The quantitative estimate of drug-likeness (QED) is 0.312. The van der Waals surface area contributed by atoms with E-state index >= 15 is 0 Å². The molecule has 6 rings (SSSR count). The molecule has 9 nitrogen and oxygen atoms in total. The molecule has 2 aliphatic heterocycles. The second-order valence-corrected chi connectivity index (χ2v) is 11.1. The Balaban J connectivity index is 1.13. The van der Waals surface area contributed by atoms with Crippen molar-refractivity contribution in [2.24, 2.45) is 0 Å². The van der Waals surface area contributed by atoms with Gasteiger partial charge in [0.2, 0.25) is 0 Å². The number of pyridine rings is 1. The molecule has 0 aliphatic carbocycles. The van der Waals surface area contributed by atoms with Crippen molar-refractivity contribution >= 4 is 44.7 Å².